The minimum Gasteiger partial charge on any atom is -0.456 e. The summed E-state index contributed by atoms with van der Waals surface area (Å²) in [5, 5.41) is 5.73. The zero-order valence-corrected chi connectivity index (χ0v) is 15.9. The van der Waals surface area contributed by atoms with E-state index < -0.39 is 5.97 Å². The number of carbonyl (C=O) groups excluding carboxylic acids is 3. The molecule has 0 fully saturated rings. The van der Waals surface area contributed by atoms with E-state index in [0.29, 0.717) is 27.7 Å². The fourth-order valence-corrected chi connectivity index (χ4v) is 2.77. The zero-order chi connectivity index (χ0) is 20.3. The highest BCUT2D eigenvalue weighted by molar-refractivity contribution is 6.30. The Morgan fingerprint density at radius 3 is 2.29 bits per heavy atom. The second-order valence-electron chi connectivity index (χ2n) is 6.08. The molecule has 2 heterocycles. The van der Waals surface area contributed by atoms with E-state index >= 15 is 0 Å². The number of benzene rings is 1. The summed E-state index contributed by atoms with van der Waals surface area (Å²) in [7, 11) is 0. The smallest absolute Gasteiger partial charge is 0.338 e. The van der Waals surface area contributed by atoms with Gasteiger partial charge in [-0.3, -0.25) is 9.59 Å². The quantitative estimate of drug-likeness (QED) is 0.640. The van der Waals surface area contributed by atoms with E-state index in [0.717, 1.165) is 0 Å². The Morgan fingerprint density at radius 1 is 1.04 bits per heavy atom. The van der Waals surface area contributed by atoms with Crippen molar-refractivity contribution in [3.05, 3.63) is 59.0 Å². The number of ether oxygens (including phenoxy) is 1. The molecule has 0 bridgehead atoms. The Hall–Kier alpha value is -3.39. The van der Waals surface area contributed by atoms with Gasteiger partial charge in [0.15, 0.2) is 0 Å². The van der Waals surface area contributed by atoms with Crippen LogP contribution in [-0.4, -0.2) is 27.2 Å². The first-order valence-corrected chi connectivity index (χ1v) is 8.68. The normalized spacial score (nSPS) is 10.5. The number of pyridine rings is 1. The number of amides is 2. The van der Waals surface area contributed by atoms with Crippen molar-refractivity contribution in [2.45, 2.75) is 20.5 Å². The molecule has 2 aromatic heterocycles. The molecule has 9 heteroatoms. The molecule has 1 aromatic carbocycles. The van der Waals surface area contributed by atoms with Crippen LogP contribution in [-0.2, 0) is 20.9 Å². The monoisotopic (exact) mass is 400 g/mol. The summed E-state index contributed by atoms with van der Waals surface area (Å²) in [6, 6.07) is 7.96. The van der Waals surface area contributed by atoms with Crippen LogP contribution in [0.15, 0.2) is 42.7 Å². The number of hydrogen-bond donors (Lipinski definition) is 2. The molecule has 0 aliphatic rings. The van der Waals surface area contributed by atoms with Crippen LogP contribution in [0.2, 0.25) is 5.02 Å². The van der Waals surface area contributed by atoms with Gasteiger partial charge in [-0.25, -0.2) is 9.78 Å². The van der Waals surface area contributed by atoms with Gasteiger partial charge in [0.1, 0.15) is 12.3 Å². The van der Waals surface area contributed by atoms with Gasteiger partial charge in [-0.05, 0) is 30.3 Å². The molecule has 28 heavy (non-hydrogen) atoms. The van der Waals surface area contributed by atoms with Gasteiger partial charge in [0.05, 0.1) is 16.3 Å². The lowest BCUT2D eigenvalue weighted by Crippen LogP contribution is -2.12. The van der Waals surface area contributed by atoms with Gasteiger partial charge < -0.3 is 19.8 Å². The number of nitrogens with zero attached hydrogens (tertiary/aromatic N) is 2. The van der Waals surface area contributed by atoms with Crippen LogP contribution in [0.4, 0.5) is 11.4 Å². The van der Waals surface area contributed by atoms with Crippen molar-refractivity contribution >= 4 is 46.4 Å². The van der Waals surface area contributed by atoms with Crippen LogP contribution in [0.3, 0.4) is 0 Å². The highest BCUT2D eigenvalue weighted by Crippen LogP contribution is 2.21. The third-order valence-corrected chi connectivity index (χ3v) is 3.85. The molecule has 2 N–H and O–H groups in total. The molecule has 0 aliphatic carbocycles. The number of hydrogen-bond acceptors (Lipinski definition) is 5. The summed E-state index contributed by atoms with van der Waals surface area (Å²) in [5.41, 5.74) is 2.15. The van der Waals surface area contributed by atoms with Crippen LogP contribution < -0.4 is 10.6 Å². The predicted octanol–water partition coefficient (Wildman–Crippen LogP) is 3.26. The maximum absolute atomic E-state index is 12.5. The van der Waals surface area contributed by atoms with Crippen LogP contribution in [0, 0.1) is 0 Å². The van der Waals surface area contributed by atoms with Crippen LogP contribution >= 0.6 is 11.6 Å². The molecular formula is C19H17ClN4O4. The summed E-state index contributed by atoms with van der Waals surface area (Å²) in [5.74, 6) is -1.22. The number of carbonyl (C=O) groups is 3. The van der Waals surface area contributed by atoms with Crippen molar-refractivity contribution < 1.29 is 19.1 Å². The first-order valence-electron chi connectivity index (χ1n) is 8.31. The molecule has 144 valence electrons. The molecule has 3 aromatic rings. The average Bonchev–Trinajstić information content (AvgIpc) is 3.00. The molecule has 0 atom stereocenters. The Bertz CT molecular complexity index is 1040. The average molecular weight is 401 g/mol. The fourth-order valence-electron chi connectivity index (χ4n) is 2.61. The molecule has 0 aliphatic heterocycles. The summed E-state index contributed by atoms with van der Waals surface area (Å²) in [6.45, 7) is 2.65. The van der Waals surface area contributed by atoms with E-state index in [4.69, 9.17) is 16.3 Å². The zero-order valence-electron chi connectivity index (χ0n) is 15.2. The molecule has 0 saturated heterocycles. The SMILES string of the molecule is CC(=O)Nc1cc(NC(C)=O)cc(C(=O)OCc2cn3cc(Cl)ccc3n2)c1. The van der Waals surface area contributed by atoms with Crippen molar-refractivity contribution in [2.75, 3.05) is 10.6 Å². The molecule has 0 spiro atoms. The van der Waals surface area contributed by atoms with Gasteiger partial charge in [-0.1, -0.05) is 11.6 Å². The summed E-state index contributed by atoms with van der Waals surface area (Å²) < 4.78 is 7.05. The van der Waals surface area contributed by atoms with Crippen molar-refractivity contribution in [1.29, 1.82) is 0 Å². The number of aromatic nitrogens is 2. The first kappa shape index (κ1) is 19.4. The molecular weight excluding hydrogens is 384 g/mol. The molecule has 8 nitrogen and oxygen atoms in total. The predicted molar refractivity (Wildman–Crippen MR) is 104 cm³/mol. The van der Waals surface area contributed by atoms with Crippen molar-refractivity contribution in [3.8, 4) is 0 Å². The Kier molecular flexibility index (Phi) is 5.60. The second kappa shape index (κ2) is 8.10. The number of imidazole rings is 1. The van der Waals surface area contributed by atoms with Gasteiger partial charge in [0, 0.05) is 37.6 Å². The maximum atomic E-state index is 12.5. The summed E-state index contributed by atoms with van der Waals surface area (Å²) >= 11 is 5.94. The number of halogens is 1. The van der Waals surface area contributed by atoms with Gasteiger partial charge in [0.25, 0.3) is 0 Å². The van der Waals surface area contributed by atoms with Crippen molar-refractivity contribution in [3.63, 3.8) is 0 Å². The van der Waals surface area contributed by atoms with Crippen molar-refractivity contribution in [2.24, 2.45) is 0 Å². The summed E-state index contributed by atoms with van der Waals surface area (Å²) in [6.07, 6.45) is 3.41. The molecule has 0 saturated carbocycles. The second-order valence-corrected chi connectivity index (χ2v) is 6.52. The highest BCUT2D eigenvalue weighted by atomic mass is 35.5. The minimum atomic E-state index is -0.617. The van der Waals surface area contributed by atoms with E-state index in [-0.39, 0.29) is 24.0 Å². The number of anilines is 2. The Labute approximate surface area is 165 Å². The van der Waals surface area contributed by atoms with E-state index in [1.165, 1.54) is 26.0 Å². The third-order valence-electron chi connectivity index (χ3n) is 3.63. The molecule has 2 amide bonds. The fraction of sp³-hybridized carbons (Fsp3) is 0.158. The lowest BCUT2D eigenvalue weighted by Gasteiger charge is -2.10. The van der Waals surface area contributed by atoms with Crippen LogP contribution in [0.1, 0.15) is 29.9 Å². The van der Waals surface area contributed by atoms with Gasteiger partial charge >= 0.3 is 5.97 Å². The molecule has 0 unspecified atom stereocenters. The number of rotatable bonds is 5. The molecule has 0 radical (unpaired) electrons. The van der Waals surface area contributed by atoms with E-state index in [2.05, 4.69) is 15.6 Å². The number of nitrogens with one attached hydrogen (secondary N) is 2. The van der Waals surface area contributed by atoms with Crippen molar-refractivity contribution in [1.82, 2.24) is 9.38 Å². The lowest BCUT2D eigenvalue weighted by molar-refractivity contribution is -0.115. The Balaban J connectivity index is 1.77. The van der Waals surface area contributed by atoms with E-state index in [9.17, 15) is 14.4 Å². The largest absolute Gasteiger partial charge is 0.456 e. The van der Waals surface area contributed by atoms with E-state index in [1.807, 2.05) is 0 Å². The van der Waals surface area contributed by atoms with Crippen LogP contribution in [0.25, 0.3) is 5.65 Å². The third kappa shape index (κ3) is 4.86. The topological polar surface area (TPSA) is 102 Å². The molecule has 3 rings (SSSR count). The first-order chi connectivity index (χ1) is 13.3. The van der Waals surface area contributed by atoms with Crippen LogP contribution in [0.5, 0.6) is 0 Å². The lowest BCUT2D eigenvalue weighted by atomic mass is 10.1. The standard InChI is InChI=1S/C19H17ClN4O4/c1-11(25)21-15-5-13(6-16(7-15)22-12(2)26)19(27)28-10-17-9-24-8-14(20)3-4-18(24)23-17/h3-9H,10H2,1-2H3,(H,21,25)(H,22,26). The maximum Gasteiger partial charge on any atom is 0.338 e. The van der Waals surface area contributed by atoms with Gasteiger partial charge in [-0.2, -0.15) is 0 Å². The minimum absolute atomic E-state index is 0.0437. The Morgan fingerprint density at radius 2 is 1.68 bits per heavy atom. The highest BCUT2D eigenvalue weighted by Gasteiger charge is 2.13. The summed E-state index contributed by atoms with van der Waals surface area (Å²) in [4.78, 5) is 39.4. The number of esters is 1. The number of fused-ring (bicyclic) bond motifs is 1. The van der Waals surface area contributed by atoms with Gasteiger partial charge in [0.2, 0.25) is 11.8 Å². The van der Waals surface area contributed by atoms with E-state index in [1.54, 1.807) is 35.0 Å². The van der Waals surface area contributed by atoms with Gasteiger partial charge in [-0.15, -0.1) is 0 Å².